The van der Waals surface area contributed by atoms with Crippen molar-refractivity contribution < 1.29 is 28.7 Å². The van der Waals surface area contributed by atoms with Gasteiger partial charge in [-0.15, -0.1) is 0 Å². The molecule has 0 radical (unpaired) electrons. The molecule has 0 spiro atoms. The minimum absolute atomic E-state index is 0.155. The molecule has 12 nitrogen and oxygen atoms in total. The fraction of sp³-hybridized carbons (Fsp3) is 0.458. The van der Waals surface area contributed by atoms with Crippen molar-refractivity contribution in [2.45, 2.75) is 50.7 Å². The van der Waals surface area contributed by atoms with Crippen molar-refractivity contribution in [2.75, 3.05) is 20.3 Å². The van der Waals surface area contributed by atoms with Gasteiger partial charge in [0, 0.05) is 19.9 Å². The molecule has 12 heteroatoms. The Morgan fingerprint density at radius 2 is 1.89 bits per heavy atom. The maximum Gasteiger partial charge on any atom is 0.328 e. The maximum absolute atomic E-state index is 13.2. The van der Waals surface area contributed by atoms with Crippen LogP contribution in [-0.2, 0) is 30.3 Å². The number of hydrogen-bond acceptors (Lipinski definition) is 7. The van der Waals surface area contributed by atoms with E-state index in [1.807, 2.05) is 0 Å². The number of nitrogens with one attached hydrogen (secondary N) is 5. The number of esters is 1. The van der Waals surface area contributed by atoms with E-state index in [4.69, 9.17) is 20.6 Å². The number of benzene rings is 1. The predicted octanol–water partition coefficient (Wildman–Crippen LogP) is -0.522. The second kappa shape index (κ2) is 14.3. The van der Waals surface area contributed by atoms with E-state index in [0.717, 1.165) is 5.56 Å². The molecule has 196 valence electrons. The molecule has 1 aromatic carbocycles. The van der Waals surface area contributed by atoms with E-state index in [1.54, 1.807) is 36.4 Å². The third kappa shape index (κ3) is 9.65. The van der Waals surface area contributed by atoms with Crippen molar-refractivity contribution in [3.05, 3.63) is 42.0 Å². The second-order valence-corrected chi connectivity index (χ2v) is 8.25. The molecule has 1 aromatic rings. The van der Waals surface area contributed by atoms with E-state index in [0.29, 0.717) is 18.7 Å². The SMILES string of the molecule is COC(=O)[C@H]1CC=CCOc2ccc(cc2)C[C@H](NC(C)=O)C(=O)N[C@H](CCCNC(=N)N)C(=O)N1. The van der Waals surface area contributed by atoms with E-state index in [9.17, 15) is 19.2 Å². The number of methoxy groups -OCH3 is 1. The molecule has 7 N–H and O–H groups in total. The van der Waals surface area contributed by atoms with E-state index in [1.165, 1.54) is 14.0 Å². The van der Waals surface area contributed by atoms with Crippen LogP contribution in [-0.4, -0.2) is 68.0 Å². The van der Waals surface area contributed by atoms with E-state index in [-0.39, 0.29) is 31.8 Å². The molecule has 0 saturated carbocycles. The summed E-state index contributed by atoms with van der Waals surface area (Å²) in [5.74, 6) is -1.77. The summed E-state index contributed by atoms with van der Waals surface area (Å²) in [5.41, 5.74) is 6.09. The van der Waals surface area contributed by atoms with Crippen LogP contribution in [0.25, 0.3) is 0 Å². The van der Waals surface area contributed by atoms with Gasteiger partial charge in [0.05, 0.1) is 7.11 Å². The van der Waals surface area contributed by atoms with Crippen LogP contribution in [0.3, 0.4) is 0 Å². The highest BCUT2D eigenvalue weighted by Crippen LogP contribution is 2.14. The largest absolute Gasteiger partial charge is 0.490 e. The van der Waals surface area contributed by atoms with Crippen molar-refractivity contribution in [1.82, 2.24) is 21.3 Å². The number of amides is 3. The average Bonchev–Trinajstić information content (AvgIpc) is 2.84. The zero-order chi connectivity index (χ0) is 26.5. The van der Waals surface area contributed by atoms with Gasteiger partial charge in [0.25, 0.3) is 0 Å². The summed E-state index contributed by atoms with van der Waals surface area (Å²) in [5, 5.41) is 17.9. The van der Waals surface area contributed by atoms with Gasteiger partial charge in [0.2, 0.25) is 17.7 Å². The molecule has 0 fully saturated rings. The van der Waals surface area contributed by atoms with Crippen LogP contribution in [0.4, 0.5) is 0 Å². The fourth-order valence-electron chi connectivity index (χ4n) is 3.56. The first-order chi connectivity index (χ1) is 17.2. The van der Waals surface area contributed by atoms with Crippen LogP contribution in [0.2, 0.25) is 0 Å². The molecule has 0 saturated heterocycles. The first-order valence-corrected chi connectivity index (χ1v) is 11.6. The summed E-state index contributed by atoms with van der Waals surface area (Å²) in [4.78, 5) is 50.4. The first-order valence-electron chi connectivity index (χ1n) is 11.6. The number of carbonyl (C=O) groups excluding carboxylic acids is 4. The lowest BCUT2D eigenvalue weighted by Crippen LogP contribution is -2.56. The van der Waals surface area contributed by atoms with Crippen LogP contribution < -0.4 is 31.7 Å². The minimum atomic E-state index is -1.01. The topological polar surface area (TPSA) is 185 Å². The molecule has 2 aliphatic rings. The number of hydrogen-bond donors (Lipinski definition) is 6. The molecule has 0 unspecified atom stereocenters. The zero-order valence-corrected chi connectivity index (χ0v) is 20.5. The van der Waals surface area contributed by atoms with Crippen molar-refractivity contribution >= 4 is 29.7 Å². The summed E-state index contributed by atoms with van der Waals surface area (Å²) in [7, 11) is 1.22. The lowest BCUT2D eigenvalue weighted by atomic mass is 10.0. The molecule has 36 heavy (non-hydrogen) atoms. The highest BCUT2D eigenvalue weighted by Gasteiger charge is 2.29. The van der Waals surface area contributed by atoms with E-state index in [2.05, 4.69) is 21.3 Å². The van der Waals surface area contributed by atoms with Crippen LogP contribution >= 0.6 is 0 Å². The van der Waals surface area contributed by atoms with Crippen molar-refractivity contribution in [2.24, 2.45) is 5.73 Å². The quantitative estimate of drug-likeness (QED) is 0.0986. The molecule has 2 bridgehead atoms. The molecule has 0 aliphatic carbocycles. The molecular formula is C24H34N6O6. The summed E-state index contributed by atoms with van der Waals surface area (Å²) in [6.07, 6.45) is 4.36. The van der Waals surface area contributed by atoms with Gasteiger partial charge in [-0.1, -0.05) is 24.3 Å². The summed E-state index contributed by atoms with van der Waals surface area (Å²) < 4.78 is 10.5. The van der Waals surface area contributed by atoms with Crippen LogP contribution in [0.15, 0.2) is 36.4 Å². The average molecular weight is 503 g/mol. The van der Waals surface area contributed by atoms with Crippen molar-refractivity contribution in [3.63, 3.8) is 0 Å². The number of carbonyl (C=O) groups is 4. The predicted molar refractivity (Wildman–Crippen MR) is 132 cm³/mol. The standard InChI is InChI=1S/C24H34N6O6/c1-15(31)28-20-14-16-8-10-17(11-9-16)36-13-4-3-6-19(23(34)35-2)30-21(32)18(29-22(20)33)7-5-12-27-24(25)26/h3-4,8-11,18-20H,5-7,12-14H2,1-2H3,(H,28,31)(H,29,33)(H,30,32)(H4,25,26,27)/t18-,19-,20+/m1/s1. The molecule has 3 atom stereocenters. The molecule has 0 aromatic heterocycles. The van der Waals surface area contributed by atoms with Crippen molar-refractivity contribution in [3.8, 4) is 5.75 Å². The van der Waals surface area contributed by atoms with Gasteiger partial charge < -0.3 is 36.5 Å². The molecule has 2 heterocycles. The maximum atomic E-state index is 13.2. The highest BCUT2D eigenvalue weighted by molar-refractivity contribution is 5.93. The Morgan fingerprint density at radius 3 is 2.53 bits per heavy atom. The molecular weight excluding hydrogens is 468 g/mol. The number of nitrogens with two attached hydrogens (primary N) is 1. The Morgan fingerprint density at radius 1 is 1.17 bits per heavy atom. The summed E-state index contributed by atoms with van der Waals surface area (Å²) in [6, 6.07) is 4.19. The second-order valence-electron chi connectivity index (χ2n) is 8.25. The Kier molecular flexibility index (Phi) is 11.2. The first kappa shape index (κ1) is 28.1. The van der Waals surface area contributed by atoms with Gasteiger partial charge in [-0.25, -0.2) is 4.79 Å². The number of ether oxygens (including phenoxy) is 2. The van der Waals surface area contributed by atoms with Gasteiger partial charge in [-0.2, -0.15) is 0 Å². The Bertz CT molecular complexity index is 964. The van der Waals surface area contributed by atoms with Gasteiger partial charge in [0.15, 0.2) is 5.96 Å². The number of guanidine groups is 1. The minimum Gasteiger partial charge on any atom is -0.490 e. The van der Waals surface area contributed by atoms with Crippen LogP contribution in [0, 0.1) is 5.41 Å². The number of rotatable bonds is 6. The smallest absolute Gasteiger partial charge is 0.328 e. The van der Waals surface area contributed by atoms with Gasteiger partial charge in [-0.05, 0) is 37.0 Å². The van der Waals surface area contributed by atoms with Crippen molar-refractivity contribution in [1.29, 1.82) is 5.41 Å². The lowest BCUT2D eigenvalue weighted by Gasteiger charge is -2.24. The van der Waals surface area contributed by atoms with Gasteiger partial charge in [-0.3, -0.25) is 19.8 Å². The third-order valence-corrected chi connectivity index (χ3v) is 5.36. The normalized spacial score (nSPS) is 20.8. The Balaban J connectivity index is 2.33. The zero-order valence-electron chi connectivity index (χ0n) is 20.5. The lowest BCUT2D eigenvalue weighted by molar-refractivity contribution is -0.145. The van der Waals surface area contributed by atoms with Crippen LogP contribution in [0.1, 0.15) is 31.7 Å². The summed E-state index contributed by atoms with van der Waals surface area (Å²) in [6.45, 7) is 1.86. The third-order valence-electron chi connectivity index (χ3n) is 5.36. The Hall–Kier alpha value is -4.09. The molecule has 3 amide bonds. The van der Waals surface area contributed by atoms with E-state index >= 15 is 0 Å². The monoisotopic (exact) mass is 502 g/mol. The summed E-state index contributed by atoms with van der Waals surface area (Å²) >= 11 is 0. The van der Waals surface area contributed by atoms with Crippen LogP contribution in [0.5, 0.6) is 5.75 Å². The Labute approximate surface area is 209 Å². The number of fused-ring (bicyclic) bond motifs is 13. The molecule has 2 aliphatic heterocycles. The fourth-order valence-corrected chi connectivity index (χ4v) is 3.56. The molecule has 3 rings (SSSR count). The van der Waals surface area contributed by atoms with E-state index < -0.39 is 41.8 Å². The van der Waals surface area contributed by atoms with Gasteiger partial charge >= 0.3 is 5.97 Å². The highest BCUT2D eigenvalue weighted by atomic mass is 16.5. The van der Waals surface area contributed by atoms with Gasteiger partial charge in [0.1, 0.15) is 30.5 Å².